The molecule has 0 aliphatic rings. The minimum atomic E-state index is 0.685. The molecule has 0 saturated heterocycles. The molecule has 0 atom stereocenters. The third-order valence-corrected chi connectivity index (χ3v) is 3.36. The van der Waals surface area contributed by atoms with Gasteiger partial charge in [0, 0.05) is 30.1 Å². The van der Waals surface area contributed by atoms with Gasteiger partial charge in [0.1, 0.15) is 11.6 Å². The fourth-order valence-electron chi connectivity index (χ4n) is 2.16. The summed E-state index contributed by atoms with van der Waals surface area (Å²) in [5.74, 6) is 2.43. The number of pyridine rings is 1. The standard InChI is InChI=1S/C17H24N2O2/c1-13(2)8-11-21-12-10-19-17-15-5-4-6-16(20-3)14(15)7-9-18-17/h4-7,9,13H,8,10-12H2,1-3H3,(H,18,19). The molecule has 0 spiro atoms. The third kappa shape index (κ3) is 4.33. The average Bonchev–Trinajstić information content (AvgIpc) is 2.50. The van der Waals surface area contributed by atoms with Gasteiger partial charge in [-0.05, 0) is 24.5 Å². The van der Waals surface area contributed by atoms with E-state index >= 15 is 0 Å². The number of rotatable bonds is 8. The molecule has 2 rings (SSSR count). The largest absolute Gasteiger partial charge is 0.496 e. The Balaban J connectivity index is 1.93. The summed E-state index contributed by atoms with van der Waals surface area (Å²) >= 11 is 0. The van der Waals surface area contributed by atoms with Gasteiger partial charge >= 0.3 is 0 Å². The molecule has 2 aromatic rings. The molecule has 0 saturated carbocycles. The van der Waals surface area contributed by atoms with Gasteiger partial charge in [-0.3, -0.25) is 0 Å². The summed E-state index contributed by atoms with van der Waals surface area (Å²) in [5.41, 5.74) is 0. The second-order valence-electron chi connectivity index (χ2n) is 5.44. The first-order valence-electron chi connectivity index (χ1n) is 7.45. The van der Waals surface area contributed by atoms with Gasteiger partial charge in [0.15, 0.2) is 0 Å². The maximum absolute atomic E-state index is 5.61. The van der Waals surface area contributed by atoms with Crippen molar-refractivity contribution >= 4 is 16.6 Å². The first kappa shape index (κ1) is 15.6. The topological polar surface area (TPSA) is 43.4 Å². The Morgan fingerprint density at radius 3 is 2.76 bits per heavy atom. The molecule has 0 fully saturated rings. The molecule has 114 valence electrons. The van der Waals surface area contributed by atoms with Crippen molar-refractivity contribution in [3.63, 3.8) is 0 Å². The van der Waals surface area contributed by atoms with Gasteiger partial charge in [-0.15, -0.1) is 0 Å². The Morgan fingerprint density at radius 2 is 2.00 bits per heavy atom. The second-order valence-corrected chi connectivity index (χ2v) is 5.44. The van der Waals surface area contributed by atoms with Gasteiger partial charge in [0.25, 0.3) is 0 Å². The molecule has 4 heteroatoms. The van der Waals surface area contributed by atoms with E-state index in [2.05, 4.69) is 24.1 Å². The lowest BCUT2D eigenvalue weighted by molar-refractivity contribution is 0.132. The van der Waals surface area contributed by atoms with E-state index in [0.29, 0.717) is 12.5 Å². The summed E-state index contributed by atoms with van der Waals surface area (Å²) in [6.07, 6.45) is 2.90. The van der Waals surface area contributed by atoms with E-state index in [9.17, 15) is 0 Å². The van der Waals surface area contributed by atoms with Gasteiger partial charge < -0.3 is 14.8 Å². The minimum absolute atomic E-state index is 0.685. The Morgan fingerprint density at radius 1 is 1.14 bits per heavy atom. The predicted molar refractivity (Wildman–Crippen MR) is 87.1 cm³/mol. The molecule has 1 heterocycles. The van der Waals surface area contributed by atoms with Crippen molar-refractivity contribution in [2.75, 3.05) is 32.2 Å². The zero-order chi connectivity index (χ0) is 15.1. The van der Waals surface area contributed by atoms with E-state index in [1.165, 1.54) is 0 Å². The van der Waals surface area contributed by atoms with Crippen molar-refractivity contribution in [3.05, 3.63) is 30.5 Å². The summed E-state index contributed by atoms with van der Waals surface area (Å²) in [6, 6.07) is 7.96. The Kier molecular flexibility index (Phi) is 5.81. The highest BCUT2D eigenvalue weighted by Crippen LogP contribution is 2.28. The summed E-state index contributed by atoms with van der Waals surface area (Å²) in [6.45, 7) is 6.66. The lowest BCUT2D eigenvalue weighted by atomic mass is 10.1. The number of anilines is 1. The molecule has 1 aromatic carbocycles. The fraction of sp³-hybridized carbons (Fsp3) is 0.471. The van der Waals surface area contributed by atoms with Gasteiger partial charge in [-0.1, -0.05) is 26.0 Å². The molecule has 0 aliphatic carbocycles. The summed E-state index contributed by atoms with van der Waals surface area (Å²) in [7, 11) is 1.69. The highest BCUT2D eigenvalue weighted by atomic mass is 16.5. The molecule has 0 bridgehead atoms. The number of methoxy groups -OCH3 is 1. The summed E-state index contributed by atoms with van der Waals surface area (Å²) in [4.78, 5) is 4.41. The molecular formula is C17H24N2O2. The van der Waals surface area contributed by atoms with E-state index in [0.717, 1.165) is 41.9 Å². The van der Waals surface area contributed by atoms with Crippen molar-refractivity contribution < 1.29 is 9.47 Å². The van der Waals surface area contributed by atoms with Crippen molar-refractivity contribution in [2.24, 2.45) is 5.92 Å². The minimum Gasteiger partial charge on any atom is -0.496 e. The Labute approximate surface area is 126 Å². The highest BCUT2D eigenvalue weighted by molar-refractivity contribution is 5.95. The third-order valence-electron chi connectivity index (χ3n) is 3.36. The number of fused-ring (bicyclic) bond motifs is 1. The number of nitrogens with one attached hydrogen (secondary N) is 1. The van der Waals surface area contributed by atoms with Crippen molar-refractivity contribution in [3.8, 4) is 5.75 Å². The fourth-order valence-corrected chi connectivity index (χ4v) is 2.16. The zero-order valence-corrected chi connectivity index (χ0v) is 13.1. The normalized spacial score (nSPS) is 11.0. The zero-order valence-electron chi connectivity index (χ0n) is 13.1. The van der Waals surface area contributed by atoms with Crippen molar-refractivity contribution in [1.29, 1.82) is 0 Å². The van der Waals surface area contributed by atoms with E-state index in [-0.39, 0.29) is 0 Å². The quantitative estimate of drug-likeness (QED) is 0.752. The number of benzene rings is 1. The molecular weight excluding hydrogens is 264 g/mol. The molecule has 0 aliphatic heterocycles. The number of hydrogen-bond acceptors (Lipinski definition) is 4. The van der Waals surface area contributed by atoms with Gasteiger partial charge in [-0.2, -0.15) is 0 Å². The van der Waals surface area contributed by atoms with Crippen molar-refractivity contribution in [1.82, 2.24) is 4.98 Å². The van der Waals surface area contributed by atoms with E-state index in [1.54, 1.807) is 13.3 Å². The molecule has 1 N–H and O–H groups in total. The molecule has 21 heavy (non-hydrogen) atoms. The van der Waals surface area contributed by atoms with Crippen LogP contribution in [0.4, 0.5) is 5.82 Å². The Bertz CT molecular complexity index is 570. The second kappa shape index (κ2) is 7.84. The van der Waals surface area contributed by atoms with Crippen LogP contribution in [-0.4, -0.2) is 31.9 Å². The first-order chi connectivity index (χ1) is 10.2. The van der Waals surface area contributed by atoms with E-state index < -0.39 is 0 Å². The molecule has 0 unspecified atom stereocenters. The van der Waals surface area contributed by atoms with Crippen LogP contribution < -0.4 is 10.1 Å². The summed E-state index contributed by atoms with van der Waals surface area (Å²) < 4.78 is 11.0. The van der Waals surface area contributed by atoms with Crippen LogP contribution in [0.5, 0.6) is 5.75 Å². The van der Waals surface area contributed by atoms with Crippen molar-refractivity contribution in [2.45, 2.75) is 20.3 Å². The molecule has 0 radical (unpaired) electrons. The van der Waals surface area contributed by atoms with E-state index in [1.807, 2.05) is 24.3 Å². The molecule has 0 amide bonds. The van der Waals surface area contributed by atoms with Crippen LogP contribution in [0.3, 0.4) is 0 Å². The predicted octanol–water partition coefficient (Wildman–Crippen LogP) is 3.72. The monoisotopic (exact) mass is 288 g/mol. The molecule has 1 aromatic heterocycles. The van der Waals surface area contributed by atoms with Gasteiger partial charge in [0.2, 0.25) is 0 Å². The maximum atomic E-state index is 5.61. The van der Waals surface area contributed by atoms with Crippen LogP contribution in [0.25, 0.3) is 10.8 Å². The van der Waals surface area contributed by atoms with Crippen LogP contribution in [0.2, 0.25) is 0 Å². The van der Waals surface area contributed by atoms with E-state index in [4.69, 9.17) is 9.47 Å². The lowest BCUT2D eigenvalue weighted by Crippen LogP contribution is -2.11. The number of ether oxygens (including phenoxy) is 2. The Hall–Kier alpha value is -1.81. The van der Waals surface area contributed by atoms with Gasteiger partial charge in [-0.25, -0.2) is 4.98 Å². The number of nitrogens with zero attached hydrogens (tertiary/aromatic N) is 1. The molecule has 4 nitrogen and oxygen atoms in total. The smallest absolute Gasteiger partial charge is 0.134 e. The average molecular weight is 288 g/mol. The van der Waals surface area contributed by atoms with Crippen LogP contribution >= 0.6 is 0 Å². The summed E-state index contributed by atoms with van der Waals surface area (Å²) in [5, 5.41) is 5.47. The number of aromatic nitrogens is 1. The van der Waals surface area contributed by atoms with Crippen LogP contribution in [0.1, 0.15) is 20.3 Å². The SMILES string of the molecule is COc1cccc2c(NCCOCCC(C)C)nccc12. The maximum Gasteiger partial charge on any atom is 0.134 e. The lowest BCUT2D eigenvalue weighted by Gasteiger charge is -2.11. The van der Waals surface area contributed by atoms with Crippen LogP contribution in [0, 0.1) is 5.92 Å². The first-order valence-corrected chi connectivity index (χ1v) is 7.45. The van der Waals surface area contributed by atoms with Crippen LogP contribution in [-0.2, 0) is 4.74 Å². The number of hydrogen-bond donors (Lipinski definition) is 1. The highest BCUT2D eigenvalue weighted by Gasteiger charge is 2.05. The van der Waals surface area contributed by atoms with Gasteiger partial charge in [0.05, 0.1) is 13.7 Å². The van der Waals surface area contributed by atoms with Crippen LogP contribution in [0.15, 0.2) is 30.5 Å².